The lowest BCUT2D eigenvalue weighted by Crippen LogP contribution is -1.76. The van der Waals surface area contributed by atoms with Crippen LogP contribution in [0.3, 0.4) is 0 Å². The van der Waals surface area contributed by atoms with Gasteiger partial charge in [0.15, 0.2) is 0 Å². The van der Waals surface area contributed by atoms with E-state index in [4.69, 9.17) is 4.74 Å². The van der Waals surface area contributed by atoms with Crippen LogP contribution < -0.4 is 0 Å². The van der Waals surface area contributed by atoms with Crippen molar-refractivity contribution in [2.24, 2.45) is 0 Å². The van der Waals surface area contributed by atoms with Gasteiger partial charge in [-0.15, -0.1) is 11.3 Å². The molecule has 1 aromatic heterocycles. The third kappa shape index (κ3) is 2.88. The number of aromatic nitrogens is 1. The van der Waals surface area contributed by atoms with Crippen LogP contribution in [0.1, 0.15) is 5.01 Å². The van der Waals surface area contributed by atoms with E-state index in [9.17, 15) is 0 Å². The summed E-state index contributed by atoms with van der Waals surface area (Å²) in [6, 6.07) is 8.19. The van der Waals surface area contributed by atoms with Crippen LogP contribution in [0.25, 0.3) is 10.2 Å². The maximum Gasteiger partial charge on any atom is 0.0907 e. The monoisotopic (exact) mass is 219 g/mol. The summed E-state index contributed by atoms with van der Waals surface area (Å²) in [6.07, 6.45) is 4.03. The number of fused-ring (bicyclic) bond motifs is 1. The average molecular weight is 219 g/mol. The second-order valence-electron chi connectivity index (χ2n) is 3.21. The Kier molecular flexibility index (Phi) is 3.48. The molecular formula is C12H13NOS. The van der Waals surface area contributed by atoms with Crippen LogP contribution in [-0.4, -0.2) is 18.2 Å². The molecule has 2 nitrogen and oxygen atoms in total. The lowest BCUT2D eigenvalue weighted by atomic mass is 10.3. The van der Waals surface area contributed by atoms with E-state index in [-0.39, 0.29) is 0 Å². The van der Waals surface area contributed by atoms with E-state index >= 15 is 0 Å². The highest BCUT2D eigenvalue weighted by Crippen LogP contribution is 2.19. The van der Waals surface area contributed by atoms with Gasteiger partial charge in [-0.1, -0.05) is 24.3 Å². The van der Waals surface area contributed by atoms with Gasteiger partial charge in [0.2, 0.25) is 0 Å². The lowest BCUT2D eigenvalue weighted by molar-refractivity contribution is 0.213. The fraction of sp³-hybridized carbons (Fsp3) is 0.250. The Morgan fingerprint density at radius 2 is 1.93 bits per heavy atom. The molecule has 0 unspecified atom stereocenters. The van der Waals surface area contributed by atoms with E-state index in [0.29, 0.717) is 0 Å². The number of benzene rings is 1. The van der Waals surface area contributed by atoms with Crippen molar-refractivity contribution in [1.82, 2.24) is 4.98 Å². The van der Waals surface area contributed by atoms with Gasteiger partial charge < -0.3 is 4.74 Å². The first-order chi connectivity index (χ1) is 7.36. The SMILES string of the molecule is C1=CCOC1.Cc1nc2ccccc2s1. The van der Waals surface area contributed by atoms with E-state index in [0.717, 1.165) is 23.7 Å². The number of hydrogen-bond acceptors (Lipinski definition) is 3. The minimum atomic E-state index is 0.819. The molecule has 3 rings (SSSR count). The first-order valence-electron chi connectivity index (χ1n) is 4.91. The highest BCUT2D eigenvalue weighted by atomic mass is 32.1. The van der Waals surface area contributed by atoms with Gasteiger partial charge >= 0.3 is 0 Å². The van der Waals surface area contributed by atoms with E-state index in [1.807, 2.05) is 37.3 Å². The number of para-hydroxylation sites is 1. The van der Waals surface area contributed by atoms with Crippen molar-refractivity contribution in [3.05, 3.63) is 41.4 Å². The van der Waals surface area contributed by atoms with Gasteiger partial charge in [0.25, 0.3) is 0 Å². The number of hydrogen-bond donors (Lipinski definition) is 0. The summed E-state index contributed by atoms with van der Waals surface area (Å²) in [5, 5.41) is 1.14. The molecule has 1 aromatic carbocycles. The molecule has 15 heavy (non-hydrogen) atoms. The molecule has 0 spiro atoms. The summed E-state index contributed by atoms with van der Waals surface area (Å²) in [5.41, 5.74) is 1.12. The minimum absolute atomic E-state index is 0.819. The van der Waals surface area contributed by atoms with Crippen LogP contribution in [0.2, 0.25) is 0 Å². The Morgan fingerprint density at radius 3 is 2.53 bits per heavy atom. The molecule has 0 saturated carbocycles. The zero-order chi connectivity index (χ0) is 10.5. The standard InChI is InChI=1S/C8H7NS.C4H6O/c1-6-9-7-4-2-3-5-8(7)10-6;1-2-4-5-3-1/h2-5H,1H3;1-2H,3-4H2. The quantitative estimate of drug-likeness (QED) is 0.635. The molecule has 0 aliphatic carbocycles. The van der Waals surface area contributed by atoms with Crippen molar-refractivity contribution in [2.45, 2.75) is 6.92 Å². The number of ether oxygens (including phenoxy) is 1. The molecule has 0 saturated heterocycles. The normalized spacial score (nSPS) is 13.9. The van der Waals surface area contributed by atoms with Gasteiger partial charge in [-0.25, -0.2) is 4.98 Å². The summed E-state index contributed by atoms with van der Waals surface area (Å²) in [5.74, 6) is 0. The number of nitrogens with zero attached hydrogens (tertiary/aromatic N) is 1. The lowest BCUT2D eigenvalue weighted by Gasteiger charge is -1.80. The highest BCUT2D eigenvalue weighted by Gasteiger charge is 1.95. The Bertz CT molecular complexity index is 422. The first-order valence-corrected chi connectivity index (χ1v) is 5.73. The van der Waals surface area contributed by atoms with Crippen LogP contribution in [-0.2, 0) is 4.74 Å². The molecule has 0 radical (unpaired) electrons. The fourth-order valence-corrected chi connectivity index (χ4v) is 2.15. The second-order valence-corrected chi connectivity index (χ2v) is 4.44. The molecule has 0 amide bonds. The van der Waals surface area contributed by atoms with Gasteiger partial charge in [-0.2, -0.15) is 0 Å². The van der Waals surface area contributed by atoms with Gasteiger partial charge in [-0.3, -0.25) is 0 Å². The highest BCUT2D eigenvalue weighted by molar-refractivity contribution is 7.18. The molecule has 78 valence electrons. The molecule has 0 fully saturated rings. The van der Waals surface area contributed by atoms with Crippen LogP contribution in [0.15, 0.2) is 36.4 Å². The van der Waals surface area contributed by atoms with Crippen LogP contribution in [0, 0.1) is 6.92 Å². The van der Waals surface area contributed by atoms with Gasteiger partial charge in [0, 0.05) is 0 Å². The maximum absolute atomic E-state index is 4.83. The number of aryl methyl sites for hydroxylation is 1. The molecule has 2 aromatic rings. The summed E-state index contributed by atoms with van der Waals surface area (Å²) in [7, 11) is 0. The second kappa shape index (κ2) is 5.05. The van der Waals surface area contributed by atoms with Crippen LogP contribution >= 0.6 is 11.3 Å². The van der Waals surface area contributed by atoms with Crippen LogP contribution in [0.4, 0.5) is 0 Å². The van der Waals surface area contributed by atoms with Gasteiger partial charge in [0.1, 0.15) is 0 Å². The van der Waals surface area contributed by atoms with Gasteiger partial charge in [-0.05, 0) is 19.1 Å². The zero-order valence-corrected chi connectivity index (χ0v) is 9.46. The predicted octanol–water partition coefficient (Wildman–Crippen LogP) is 3.18. The largest absolute Gasteiger partial charge is 0.373 e. The van der Waals surface area contributed by atoms with Crippen LogP contribution in [0.5, 0.6) is 0 Å². The van der Waals surface area contributed by atoms with Gasteiger partial charge in [0.05, 0.1) is 28.4 Å². The summed E-state index contributed by atoms with van der Waals surface area (Å²) in [4.78, 5) is 4.33. The summed E-state index contributed by atoms with van der Waals surface area (Å²) in [6.45, 7) is 3.67. The van der Waals surface area contributed by atoms with Crippen molar-refractivity contribution in [3.63, 3.8) is 0 Å². The molecule has 0 N–H and O–H groups in total. The van der Waals surface area contributed by atoms with Crippen molar-refractivity contribution < 1.29 is 4.74 Å². The molecule has 1 aliphatic rings. The molecular weight excluding hydrogens is 206 g/mol. The third-order valence-corrected chi connectivity index (χ3v) is 2.95. The molecule has 0 bridgehead atoms. The fourth-order valence-electron chi connectivity index (χ4n) is 1.33. The first kappa shape index (κ1) is 10.3. The molecule has 0 atom stereocenters. The Labute approximate surface area is 93.2 Å². The Hall–Kier alpha value is -1.19. The van der Waals surface area contributed by atoms with Crippen molar-refractivity contribution in [3.8, 4) is 0 Å². The smallest absolute Gasteiger partial charge is 0.0907 e. The molecule has 2 heterocycles. The van der Waals surface area contributed by atoms with E-state index in [1.165, 1.54) is 4.70 Å². The number of rotatable bonds is 0. The van der Waals surface area contributed by atoms with E-state index in [2.05, 4.69) is 11.1 Å². The maximum atomic E-state index is 4.83. The third-order valence-electron chi connectivity index (χ3n) is 2.00. The predicted molar refractivity (Wildman–Crippen MR) is 64.3 cm³/mol. The molecule has 1 aliphatic heterocycles. The topological polar surface area (TPSA) is 22.1 Å². The van der Waals surface area contributed by atoms with Crippen molar-refractivity contribution in [1.29, 1.82) is 0 Å². The average Bonchev–Trinajstić information content (AvgIpc) is 2.87. The summed E-state index contributed by atoms with van der Waals surface area (Å²) < 4.78 is 6.11. The molecule has 3 heteroatoms. The van der Waals surface area contributed by atoms with Crippen molar-refractivity contribution in [2.75, 3.05) is 13.2 Å². The van der Waals surface area contributed by atoms with Crippen molar-refractivity contribution >= 4 is 21.6 Å². The van der Waals surface area contributed by atoms with E-state index < -0.39 is 0 Å². The zero-order valence-electron chi connectivity index (χ0n) is 8.64. The Balaban J connectivity index is 0.000000144. The minimum Gasteiger partial charge on any atom is -0.373 e. The summed E-state index contributed by atoms with van der Waals surface area (Å²) >= 11 is 1.74. The Morgan fingerprint density at radius 1 is 1.20 bits per heavy atom. The number of thiazole rings is 1. The van der Waals surface area contributed by atoms with E-state index in [1.54, 1.807) is 11.3 Å².